The van der Waals surface area contributed by atoms with E-state index < -0.39 is 0 Å². The van der Waals surface area contributed by atoms with E-state index in [1.54, 1.807) is 0 Å². The van der Waals surface area contributed by atoms with E-state index in [1.807, 2.05) is 0 Å². The molecule has 0 nitrogen and oxygen atoms in total. The lowest BCUT2D eigenvalue weighted by atomic mass is 10.0. The Bertz CT molecular complexity index is 308. The van der Waals surface area contributed by atoms with E-state index in [9.17, 15) is 0 Å². The Morgan fingerprint density at radius 1 is 1.29 bits per heavy atom. The Hall–Kier alpha value is -1.04. The van der Waals surface area contributed by atoms with Crippen LogP contribution in [0.2, 0.25) is 0 Å². The molecule has 0 unspecified atom stereocenters. The molecule has 1 rings (SSSR count). The predicted molar refractivity (Wildman–Crippen MR) is 62.4 cm³/mol. The van der Waals surface area contributed by atoms with Crippen LogP contribution in [0.5, 0.6) is 0 Å². The summed E-state index contributed by atoms with van der Waals surface area (Å²) in [6.45, 7) is 6.52. The van der Waals surface area contributed by atoms with Crippen LogP contribution in [-0.4, -0.2) is 0 Å². The van der Waals surface area contributed by atoms with Crippen molar-refractivity contribution < 1.29 is 0 Å². The average molecular weight is 187 g/mol. The van der Waals surface area contributed by atoms with Crippen LogP contribution in [0.3, 0.4) is 0 Å². The Balaban J connectivity index is 2.67. The van der Waals surface area contributed by atoms with Crippen molar-refractivity contribution >= 4 is 0 Å². The van der Waals surface area contributed by atoms with Crippen LogP contribution >= 0.6 is 0 Å². The number of rotatable bonds is 4. The maximum Gasteiger partial charge on any atom is -0.0146 e. The zero-order valence-corrected chi connectivity index (χ0v) is 9.43. The van der Waals surface area contributed by atoms with Crippen LogP contribution < -0.4 is 0 Å². The minimum atomic E-state index is 1.14. The van der Waals surface area contributed by atoms with Crippen LogP contribution in [0.4, 0.5) is 0 Å². The van der Waals surface area contributed by atoms with Crippen molar-refractivity contribution in [2.75, 3.05) is 0 Å². The summed E-state index contributed by atoms with van der Waals surface area (Å²) in [5, 5.41) is 0. The van der Waals surface area contributed by atoms with Gasteiger partial charge in [0.25, 0.3) is 0 Å². The van der Waals surface area contributed by atoms with Crippen LogP contribution in [0.25, 0.3) is 0 Å². The van der Waals surface area contributed by atoms with Gasteiger partial charge in [0, 0.05) is 0 Å². The molecule has 1 aromatic carbocycles. The summed E-state index contributed by atoms with van der Waals surface area (Å²) in [6, 6.07) is 6.37. The lowest BCUT2D eigenvalue weighted by molar-refractivity contribution is 0.813. The first kappa shape index (κ1) is 11.0. The molecule has 0 amide bonds. The standard InChI is InChI=1S/C14H19/c1-4-5-6-7-10-14-11-8-9-12(2)13(14)3/h7-9,11H,4-6H2,1-3H3. The molecule has 1 aromatic rings. The van der Waals surface area contributed by atoms with Crippen molar-refractivity contribution in [3.63, 3.8) is 0 Å². The highest BCUT2D eigenvalue weighted by atomic mass is 14.0. The summed E-state index contributed by atoms with van der Waals surface area (Å²) in [5.41, 5.74) is 3.93. The lowest BCUT2D eigenvalue weighted by Crippen LogP contribution is -1.85. The fourth-order valence-corrected chi connectivity index (χ4v) is 1.40. The zero-order chi connectivity index (χ0) is 10.4. The summed E-state index contributed by atoms with van der Waals surface area (Å²) >= 11 is 0. The van der Waals surface area contributed by atoms with Gasteiger partial charge in [-0.2, -0.15) is 0 Å². The molecule has 0 aliphatic rings. The van der Waals surface area contributed by atoms with E-state index in [0.717, 1.165) is 6.42 Å². The Morgan fingerprint density at radius 2 is 2.07 bits per heavy atom. The molecule has 0 saturated carbocycles. The predicted octanol–water partition coefficient (Wildman–Crippen LogP) is 4.20. The van der Waals surface area contributed by atoms with E-state index >= 15 is 0 Å². The van der Waals surface area contributed by atoms with E-state index in [0.29, 0.717) is 0 Å². The number of unbranched alkanes of at least 4 members (excludes halogenated alkanes) is 2. The molecule has 0 bridgehead atoms. The Morgan fingerprint density at radius 3 is 2.79 bits per heavy atom. The molecular weight excluding hydrogens is 168 g/mol. The van der Waals surface area contributed by atoms with Crippen molar-refractivity contribution in [1.82, 2.24) is 0 Å². The van der Waals surface area contributed by atoms with Crippen molar-refractivity contribution in [3.8, 4) is 0 Å². The average Bonchev–Trinajstić information content (AvgIpc) is 2.19. The summed E-state index contributed by atoms with van der Waals surface area (Å²) in [6.07, 6.45) is 9.18. The molecule has 0 aromatic heterocycles. The molecule has 0 heteroatoms. The molecule has 0 atom stereocenters. The monoisotopic (exact) mass is 187 g/mol. The fourth-order valence-electron chi connectivity index (χ4n) is 1.40. The van der Waals surface area contributed by atoms with Gasteiger partial charge in [0.1, 0.15) is 0 Å². The van der Waals surface area contributed by atoms with Gasteiger partial charge in [0.2, 0.25) is 0 Å². The van der Waals surface area contributed by atoms with Crippen LogP contribution in [0, 0.1) is 19.9 Å². The van der Waals surface area contributed by atoms with Crippen LogP contribution in [0.15, 0.2) is 24.3 Å². The van der Waals surface area contributed by atoms with Gasteiger partial charge in [-0.05, 0) is 43.0 Å². The number of aryl methyl sites for hydroxylation is 1. The minimum absolute atomic E-state index is 1.14. The molecule has 0 aliphatic heterocycles. The molecular formula is C14H19. The molecule has 0 aliphatic carbocycles. The minimum Gasteiger partial charge on any atom is -0.0760 e. The van der Waals surface area contributed by atoms with Gasteiger partial charge in [-0.15, -0.1) is 0 Å². The number of hydrogen-bond acceptors (Lipinski definition) is 0. The maximum absolute atomic E-state index is 3.36. The number of hydrogen-bond donors (Lipinski definition) is 0. The van der Waals surface area contributed by atoms with Gasteiger partial charge < -0.3 is 0 Å². The lowest BCUT2D eigenvalue weighted by Gasteiger charge is -2.02. The summed E-state index contributed by atoms with van der Waals surface area (Å²) in [5.74, 6) is 0. The second kappa shape index (κ2) is 5.64. The van der Waals surface area contributed by atoms with Gasteiger partial charge in [-0.25, -0.2) is 0 Å². The Labute approximate surface area is 87.7 Å². The van der Waals surface area contributed by atoms with Gasteiger partial charge in [-0.3, -0.25) is 0 Å². The van der Waals surface area contributed by atoms with Gasteiger partial charge in [0.15, 0.2) is 0 Å². The van der Waals surface area contributed by atoms with E-state index in [-0.39, 0.29) is 0 Å². The van der Waals surface area contributed by atoms with E-state index in [2.05, 4.69) is 51.1 Å². The fraction of sp³-hybridized carbons (Fsp3) is 0.429. The third-order valence-electron chi connectivity index (χ3n) is 2.56. The second-order valence-corrected chi connectivity index (χ2v) is 3.74. The van der Waals surface area contributed by atoms with Crippen molar-refractivity contribution in [3.05, 3.63) is 47.0 Å². The molecule has 0 fully saturated rings. The highest BCUT2D eigenvalue weighted by Gasteiger charge is 1.95. The van der Waals surface area contributed by atoms with Crippen molar-refractivity contribution in [1.29, 1.82) is 0 Å². The molecule has 0 heterocycles. The largest absolute Gasteiger partial charge is 0.0760 e. The summed E-state index contributed by atoms with van der Waals surface area (Å²) in [4.78, 5) is 0. The highest BCUT2D eigenvalue weighted by Crippen LogP contribution is 2.12. The number of allylic oxidation sites excluding steroid dienone is 1. The second-order valence-electron chi connectivity index (χ2n) is 3.74. The highest BCUT2D eigenvalue weighted by molar-refractivity contribution is 5.36. The number of benzene rings is 1. The molecule has 0 saturated heterocycles. The third kappa shape index (κ3) is 3.02. The molecule has 0 spiro atoms. The zero-order valence-electron chi connectivity index (χ0n) is 9.43. The van der Waals surface area contributed by atoms with Gasteiger partial charge in [0.05, 0.1) is 0 Å². The SMILES string of the molecule is CCCC/C=[C]\c1cccc(C)c1C. The topological polar surface area (TPSA) is 0 Å². The quantitative estimate of drug-likeness (QED) is 0.620. The summed E-state index contributed by atoms with van der Waals surface area (Å²) < 4.78 is 0. The summed E-state index contributed by atoms with van der Waals surface area (Å²) in [7, 11) is 0. The molecule has 75 valence electrons. The normalized spacial score (nSPS) is 11.1. The van der Waals surface area contributed by atoms with E-state index in [1.165, 1.54) is 29.5 Å². The molecule has 1 radical (unpaired) electrons. The first-order valence-electron chi connectivity index (χ1n) is 5.40. The van der Waals surface area contributed by atoms with Gasteiger partial charge in [-0.1, -0.05) is 44.0 Å². The third-order valence-corrected chi connectivity index (χ3v) is 2.56. The van der Waals surface area contributed by atoms with Crippen LogP contribution in [0.1, 0.15) is 42.9 Å². The van der Waals surface area contributed by atoms with E-state index in [4.69, 9.17) is 0 Å². The first-order valence-corrected chi connectivity index (χ1v) is 5.40. The van der Waals surface area contributed by atoms with Crippen molar-refractivity contribution in [2.24, 2.45) is 0 Å². The smallest absolute Gasteiger partial charge is 0.0146 e. The molecule has 0 N–H and O–H groups in total. The Kier molecular flexibility index (Phi) is 4.45. The van der Waals surface area contributed by atoms with Crippen LogP contribution in [-0.2, 0) is 0 Å². The van der Waals surface area contributed by atoms with Gasteiger partial charge >= 0.3 is 0 Å². The molecule has 14 heavy (non-hydrogen) atoms. The van der Waals surface area contributed by atoms with Crippen molar-refractivity contribution in [2.45, 2.75) is 40.0 Å². The first-order chi connectivity index (χ1) is 6.75. The maximum atomic E-state index is 3.36.